The average Bonchev–Trinajstić information content (AvgIpc) is 2.13. The molecule has 15 heavy (non-hydrogen) atoms. The second-order valence-corrected chi connectivity index (χ2v) is 4.07. The van der Waals surface area contributed by atoms with Gasteiger partial charge in [0.15, 0.2) is 0 Å². The van der Waals surface area contributed by atoms with E-state index in [-0.39, 0.29) is 30.0 Å². The van der Waals surface area contributed by atoms with Crippen molar-refractivity contribution >= 4 is 18.3 Å². The van der Waals surface area contributed by atoms with Crippen molar-refractivity contribution < 1.29 is 9.53 Å². The van der Waals surface area contributed by atoms with Crippen molar-refractivity contribution in [2.45, 2.75) is 44.2 Å². The Labute approximate surface area is 97.3 Å². The van der Waals surface area contributed by atoms with E-state index >= 15 is 0 Å². The minimum absolute atomic E-state index is 0. The van der Waals surface area contributed by atoms with Crippen molar-refractivity contribution in [3.8, 4) is 0 Å². The maximum atomic E-state index is 11.5. The van der Waals surface area contributed by atoms with Crippen LogP contribution < -0.4 is 11.1 Å². The van der Waals surface area contributed by atoms with Crippen molar-refractivity contribution in [1.82, 2.24) is 5.32 Å². The molecule has 0 saturated heterocycles. The highest BCUT2D eigenvalue weighted by Gasteiger charge is 2.33. The number of nitrogens with one attached hydrogen (secondary N) is 1. The fourth-order valence-electron chi connectivity index (χ4n) is 1.64. The predicted molar refractivity (Wildman–Crippen MR) is 62.1 cm³/mol. The normalized spacial score (nSPS) is 19.7. The van der Waals surface area contributed by atoms with Crippen molar-refractivity contribution in [3.63, 3.8) is 0 Å². The molecule has 0 spiro atoms. The highest BCUT2D eigenvalue weighted by atomic mass is 35.5. The second kappa shape index (κ2) is 6.30. The molecule has 0 aromatic rings. The SMILES string of the molecule is CCC(OC)C(=O)NCC1(N)CCC1.Cl. The van der Waals surface area contributed by atoms with Crippen molar-refractivity contribution in [1.29, 1.82) is 0 Å². The Morgan fingerprint density at radius 3 is 2.53 bits per heavy atom. The van der Waals surface area contributed by atoms with Gasteiger partial charge in [0.05, 0.1) is 0 Å². The zero-order chi connectivity index (χ0) is 10.6. The molecule has 1 saturated carbocycles. The van der Waals surface area contributed by atoms with Crippen LogP contribution in [0.3, 0.4) is 0 Å². The minimum Gasteiger partial charge on any atom is -0.372 e. The molecule has 1 unspecified atom stereocenters. The molecule has 1 rings (SSSR count). The van der Waals surface area contributed by atoms with Gasteiger partial charge in [0, 0.05) is 19.2 Å². The van der Waals surface area contributed by atoms with Gasteiger partial charge in [-0.2, -0.15) is 0 Å². The van der Waals surface area contributed by atoms with Gasteiger partial charge in [-0.1, -0.05) is 6.92 Å². The summed E-state index contributed by atoms with van der Waals surface area (Å²) in [5.41, 5.74) is 5.83. The summed E-state index contributed by atoms with van der Waals surface area (Å²) < 4.78 is 5.03. The van der Waals surface area contributed by atoms with E-state index in [2.05, 4.69) is 5.32 Å². The van der Waals surface area contributed by atoms with E-state index < -0.39 is 0 Å². The third-order valence-electron chi connectivity index (χ3n) is 2.91. The number of hydrogen-bond donors (Lipinski definition) is 2. The van der Waals surface area contributed by atoms with Gasteiger partial charge in [-0.05, 0) is 25.7 Å². The molecule has 0 aliphatic heterocycles. The Morgan fingerprint density at radius 1 is 1.60 bits per heavy atom. The Balaban J connectivity index is 0.00000196. The van der Waals surface area contributed by atoms with Crippen molar-refractivity contribution in [2.75, 3.05) is 13.7 Å². The van der Waals surface area contributed by atoms with Crippen LogP contribution in [0.5, 0.6) is 0 Å². The van der Waals surface area contributed by atoms with Crippen LogP contribution in [0.25, 0.3) is 0 Å². The lowest BCUT2D eigenvalue weighted by molar-refractivity contribution is -0.131. The molecular formula is C10H21ClN2O2. The van der Waals surface area contributed by atoms with E-state index in [1.165, 1.54) is 6.42 Å². The molecule has 4 nitrogen and oxygen atoms in total. The third kappa shape index (κ3) is 3.97. The van der Waals surface area contributed by atoms with Crippen LogP contribution in [0.1, 0.15) is 32.6 Å². The van der Waals surface area contributed by atoms with Crippen LogP contribution in [0.15, 0.2) is 0 Å². The molecule has 0 aromatic heterocycles. The van der Waals surface area contributed by atoms with E-state index in [9.17, 15) is 4.79 Å². The Hall–Kier alpha value is -0.320. The fourth-order valence-corrected chi connectivity index (χ4v) is 1.64. The lowest BCUT2D eigenvalue weighted by Crippen LogP contribution is -2.56. The third-order valence-corrected chi connectivity index (χ3v) is 2.91. The first-order chi connectivity index (χ1) is 6.61. The number of carbonyl (C=O) groups excluding carboxylic acids is 1. The van der Waals surface area contributed by atoms with Gasteiger partial charge >= 0.3 is 0 Å². The monoisotopic (exact) mass is 236 g/mol. The maximum absolute atomic E-state index is 11.5. The zero-order valence-corrected chi connectivity index (χ0v) is 10.2. The number of rotatable bonds is 5. The predicted octanol–water partition coefficient (Wildman–Crippen LogP) is 0.831. The van der Waals surface area contributed by atoms with Gasteiger partial charge in [0.2, 0.25) is 5.91 Å². The van der Waals surface area contributed by atoms with Gasteiger partial charge in [-0.3, -0.25) is 4.79 Å². The van der Waals surface area contributed by atoms with Gasteiger partial charge < -0.3 is 15.8 Å². The van der Waals surface area contributed by atoms with E-state index in [4.69, 9.17) is 10.5 Å². The number of carbonyl (C=O) groups is 1. The summed E-state index contributed by atoms with van der Waals surface area (Å²) in [6, 6.07) is 0. The molecule has 1 aliphatic carbocycles. The first kappa shape index (κ1) is 14.7. The first-order valence-electron chi connectivity index (χ1n) is 5.20. The maximum Gasteiger partial charge on any atom is 0.249 e. The van der Waals surface area contributed by atoms with Crippen molar-refractivity contribution in [2.24, 2.45) is 5.73 Å². The van der Waals surface area contributed by atoms with Crippen LogP contribution in [0.2, 0.25) is 0 Å². The molecule has 5 heteroatoms. The number of ether oxygens (including phenoxy) is 1. The number of amides is 1. The van der Waals surface area contributed by atoms with Gasteiger partial charge in [-0.25, -0.2) is 0 Å². The largest absolute Gasteiger partial charge is 0.372 e. The quantitative estimate of drug-likeness (QED) is 0.743. The van der Waals surface area contributed by atoms with E-state index in [0.29, 0.717) is 13.0 Å². The van der Waals surface area contributed by atoms with E-state index in [0.717, 1.165) is 12.8 Å². The Kier molecular flexibility index (Phi) is 6.17. The minimum atomic E-state index is -0.335. The molecule has 3 N–H and O–H groups in total. The van der Waals surface area contributed by atoms with Crippen LogP contribution in [0.4, 0.5) is 0 Å². The second-order valence-electron chi connectivity index (χ2n) is 4.07. The summed E-state index contributed by atoms with van der Waals surface area (Å²) in [5, 5.41) is 2.84. The summed E-state index contributed by atoms with van der Waals surface area (Å²) in [4.78, 5) is 11.5. The lowest BCUT2D eigenvalue weighted by atomic mass is 9.78. The lowest BCUT2D eigenvalue weighted by Gasteiger charge is -2.38. The van der Waals surface area contributed by atoms with Crippen LogP contribution in [-0.4, -0.2) is 31.2 Å². The first-order valence-corrected chi connectivity index (χ1v) is 5.20. The standard InChI is InChI=1S/C10H20N2O2.ClH/c1-3-8(14-2)9(13)12-7-10(11)5-4-6-10;/h8H,3-7,11H2,1-2H3,(H,12,13);1H. The van der Waals surface area contributed by atoms with Gasteiger partial charge in [-0.15, -0.1) is 12.4 Å². The molecular weight excluding hydrogens is 216 g/mol. The highest BCUT2D eigenvalue weighted by molar-refractivity contribution is 5.85. The van der Waals surface area contributed by atoms with Gasteiger partial charge in [0.25, 0.3) is 0 Å². The highest BCUT2D eigenvalue weighted by Crippen LogP contribution is 2.28. The van der Waals surface area contributed by atoms with E-state index in [1.807, 2.05) is 6.92 Å². The molecule has 90 valence electrons. The van der Waals surface area contributed by atoms with E-state index in [1.54, 1.807) is 7.11 Å². The summed E-state index contributed by atoms with van der Waals surface area (Å²) in [7, 11) is 1.55. The molecule has 0 bridgehead atoms. The molecule has 1 aliphatic rings. The Morgan fingerprint density at radius 2 is 2.20 bits per heavy atom. The molecule has 1 amide bonds. The topological polar surface area (TPSA) is 64.3 Å². The molecule has 0 radical (unpaired) electrons. The summed E-state index contributed by atoms with van der Waals surface area (Å²) >= 11 is 0. The summed E-state index contributed by atoms with van der Waals surface area (Å²) in [6.45, 7) is 2.50. The smallest absolute Gasteiger partial charge is 0.249 e. The van der Waals surface area contributed by atoms with Gasteiger partial charge in [0.1, 0.15) is 6.10 Å². The van der Waals surface area contributed by atoms with Crippen LogP contribution in [0, 0.1) is 0 Å². The molecule has 1 atom stereocenters. The number of nitrogens with two attached hydrogens (primary N) is 1. The number of methoxy groups -OCH3 is 1. The summed E-state index contributed by atoms with van der Waals surface area (Å²) in [6.07, 6.45) is 3.56. The average molecular weight is 237 g/mol. The number of hydrogen-bond acceptors (Lipinski definition) is 3. The molecule has 1 fully saturated rings. The summed E-state index contributed by atoms with van der Waals surface area (Å²) in [5.74, 6) is -0.0493. The van der Waals surface area contributed by atoms with Crippen LogP contribution >= 0.6 is 12.4 Å². The number of halogens is 1. The van der Waals surface area contributed by atoms with Crippen LogP contribution in [-0.2, 0) is 9.53 Å². The molecule has 0 heterocycles. The fraction of sp³-hybridized carbons (Fsp3) is 0.900. The Bertz CT molecular complexity index is 204. The van der Waals surface area contributed by atoms with Crippen molar-refractivity contribution in [3.05, 3.63) is 0 Å². The zero-order valence-electron chi connectivity index (χ0n) is 9.41. The molecule has 0 aromatic carbocycles.